The van der Waals surface area contributed by atoms with Gasteiger partial charge >= 0.3 is 0 Å². The number of amides is 1. The summed E-state index contributed by atoms with van der Waals surface area (Å²) in [7, 11) is 0. The second-order valence-electron chi connectivity index (χ2n) is 4.75. The Bertz CT molecular complexity index is 531. The van der Waals surface area contributed by atoms with E-state index in [0.29, 0.717) is 19.4 Å². The molecule has 1 atom stereocenters. The summed E-state index contributed by atoms with van der Waals surface area (Å²) in [6.07, 6.45) is 1.14. The quantitative estimate of drug-likeness (QED) is 0.825. The van der Waals surface area contributed by atoms with E-state index in [0.717, 1.165) is 22.4 Å². The van der Waals surface area contributed by atoms with Crippen LogP contribution in [-0.2, 0) is 4.79 Å². The minimum absolute atomic E-state index is 0.0587. The third-order valence-electron chi connectivity index (χ3n) is 3.28. The van der Waals surface area contributed by atoms with E-state index < -0.39 is 6.04 Å². The zero-order valence-corrected chi connectivity index (χ0v) is 10.7. The molecule has 1 heterocycles. The predicted molar refractivity (Wildman–Crippen MR) is 70.0 cm³/mol. The van der Waals surface area contributed by atoms with Crippen LogP contribution in [0.15, 0.2) is 12.1 Å². The van der Waals surface area contributed by atoms with Crippen LogP contribution in [0.2, 0.25) is 0 Å². The van der Waals surface area contributed by atoms with Gasteiger partial charge in [-0.1, -0.05) is 17.7 Å². The molecule has 4 heteroatoms. The minimum atomic E-state index is -0.555. The highest BCUT2D eigenvalue weighted by atomic mass is 16.2. The summed E-state index contributed by atoms with van der Waals surface area (Å²) in [5, 5.41) is 8.57. The van der Waals surface area contributed by atoms with E-state index in [4.69, 9.17) is 11.0 Å². The summed E-state index contributed by atoms with van der Waals surface area (Å²) in [6, 6.07) is 5.58. The largest absolute Gasteiger partial charge is 0.316 e. The van der Waals surface area contributed by atoms with Crippen LogP contribution in [0.4, 0.5) is 5.69 Å². The van der Waals surface area contributed by atoms with E-state index in [9.17, 15) is 4.79 Å². The van der Waals surface area contributed by atoms with Crippen molar-refractivity contribution in [2.75, 3.05) is 11.4 Å². The van der Waals surface area contributed by atoms with Crippen LogP contribution >= 0.6 is 0 Å². The molecule has 1 unspecified atom stereocenters. The SMILES string of the molecule is Cc1cc(C)c2c(c1)C(N)C(=O)N2CCCC#N. The first kappa shape index (κ1) is 12.6. The number of benzene rings is 1. The Labute approximate surface area is 107 Å². The van der Waals surface area contributed by atoms with Crippen molar-refractivity contribution in [2.24, 2.45) is 5.73 Å². The lowest BCUT2D eigenvalue weighted by Gasteiger charge is -2.19. The molecule has 0 saturated heterocycles. The Balaban J connectivity index is 2.36. The van der Waals surface area contributed by atoms with Gasteiger partial charge in [0.15, 0.2) is 0 Å². The number of rotatable bonds is 3. The molecular formula is C14H17N3O. The summed E-state index contributed by atoms with van der Waals surface area (Å²) in [4.78, 5) is 13.9. The molecule has 4 nitrogen and oxygen atoms in total. The number of aryl methyl sites for hydroxylation is 2. The summed E-state index contributed by atoms with van der Waals surface area (Å²) in [5.74, 6) is -0.0587. The van der Waals surface area contributed by atoms with Crippen LogP contribution in [0.5, 0.6) is 0 Å². The second kappa shape index (κ2) is 4.79. The first-order valence-corrected chi connectivity index (χ1v) is 6.11. The van der Waals surface area contributed by atoms with Crippen molar-refractivity contribution < 1.29 is 4.79 Å². The average Bonchev–Trinajstić information content (AvgIpc) is 2.55. The topological polar surface area (TPSA) is 70.1 Å². The number of nitriles is 1. The van der Waals surface area contributed by atoms with Crippen molar-refractivity contribution >= 4 is 11.6 Å². The molecule has 1 aliphatic heterocycles. The number of fused-ring (bicyclic) bond motifs is 1. The number of anilines is 1. The lowest BCUT2D eigenvalue weighted by Crippen LogP contribution is -2.32. The van der Waals surface area contributed by atoms with Crippen LogP contribution in [0.3, 0.4) is 0 Å². The van der Waals surface area contributed by atoms with Crippen molar-refractivity contribution in [3.63, 3.8) is 0 Å². The molecular weight excluding hydrogens is 226 g/mol. The smallest absolute Gasteiger partial charge is 0.248 e. The molecule has 0 aliphatic carbocycles. The molecule has 94 valence electrons. The Morgan fingerprint density at radius 3 is 2.83 bits per heavy atom. The van der Waals surface area contributed by atoms with E-state index in [1.54, 1.807) is 4.90 Å². The minimum Gasteiger partial charge on any atom is -0.316 e. The highest BCUT2D eigenvalue weighted by Crippen LogP contribution is 2.38. The first-order chi connectivity index (χ1) is 8.56. The summed E-state index contributed by atoms with van der Waals surface area (Å²) < 4.78 is 0. The molecule has 0 fully saturated rings. The third-order valence-corrected chi connectivity index (χ3v) is 3.28. The monoisotopic (exact) mass is 243 g/mol. The molecule has 1 aromatic rings. The van der Waals surface area contributed by atoms with Crippen molar-refractivity contribution in [3.8, 4) is 6.07 Å². The maximum Gasteiger partial charge on any atom is 0.248 e. The van der Waals surface area contributed by atoms with Gasteiger partial charge in [0.25, 0.3) is 0 Å². The summed E-state index contributed by atoms with van der Waals surface area (Å²) in [6.45, 7) is 4.56. The zero-order valence-electron chi connectivity index (χ0n) is 10.7. The average molecular weight is 243 g/mol. The first-order valence-electron chi connectivity index (χ1n) is 6.11. The Morgan fingerprint density at radius 2 is 2.17 bits per heavy atom. The normalized spacial score (nSPS) is 17.8. The van der Waals surface area contributed by atoms with E-state index >= 15 is 0 Å². The number of unbranched alkanes of at least 4 members (excludes halogenated alkanes) is 1. The second-order valence-corrected chi connectivity index (χ2v) is 4.75. The number of hydrogen-bond donors (Lipinski definition) is 1. The van der Waals surface area contributed by atoms with Gasteiger partial charge in [0.2, 0.25) is 5.91 Å². The zero-order chi connectivity index (χ0) is 13.3. The number of hydrogen-bond acceptors (Lipinski definition) is 3. The molecule has 1 amide bonds. The maximum absolute atomic E-state index is 12.1. The number of nitrogens with zero attached hydrogens (tertiary/aromatic N) is 2. The van der Waals surface area contributed by atoms with Crippen molar-refractivity contribution in [2.45, 2.75) is 32.7 Å². The number of carbonyl (C=O) groups is 1. The van der Waals surface area contributed by atoms with E-state index in [1.165, 1.54) is 0 Å². The van der Waals surface area contributed by atoms with E-state index in [2.05, 4.69) is 12.1 Å². The molecule has 2 N–H and O–H groups in total. The molecule has 0 radical (unpaired) electrons. The molecule has 1 aliphatic rings. The molecule has 0 bridgehead atoms. The lowest BCUT2D eigenvalue weighted by molar-refractivity contribution is -0.119. The molecule has 0 saturated carbocycles. The molecule has 0 spiro atoms. The van der Waals surface area contributed by atoms with Crippen LogP contribution < -0.4 is 10.6 Å². The van der Waals surface area contributed by atoms with E-state index in [1.807, 2.05) is 19.9 Å². The van der Waals surface area contributed by atoms with Crippen LogP contribution in [0, 0.1) is 25.2 Å². The molecule has 2 rings (SSSR count). The van der Waals surface area contributed by atoms with Crippen LogP contribution in [0.25, 0.3) is 0 Å². The van der Waals surface area contributed by atoms with Crippen molar-refractivity contribution in [3.05, 3.63) is 28.8 Å². The Morgan fingerprint density at radius 1 is 1.44 bits per heavy atom. The Hall–Kier alpha value is -1.86. The predicted octanol–water partition coefficient (Wildman–Crippen LogP) is 1.95. The molecule has 0 aromatic heterocycles. The van der Waals surface area contributed by atoms with Crippen molar-refractivity contribution in [1.29, 1.82) is 5.26 Å². The molecule has 1 aromatic carbocycles. The maximum atomic E-state index is 12.1. The van der Waals surface area contributed by atoms with Gasteiger partial charge < -0.3 is 10.6 Å². The van der Waals surface area contributed by atoms with E-state index in [-0.39, 0.29) is 5.91 Å². The van der Waals surface area contributed by atoms with Gasteiger partial charge in [-0.3, -0.25) is 4.79 Å². The van der Waals surface area contributed by atoms with Gasteiger partial charge in [-0.05, 0) is 25.8 Å². The van der Waals surface area contributed by atoms with Gasteiger partial charge in [-0.15, -0.1) is 0 Å². The molecule has 18 heavy (non-hydrogen) atoms. The van der Waals surface area contributed by atoms with Crippen LogP contribution in [-0.4, -0.2) is 12.5 Å². The fourth-order valence-corrected chi connectivity index (χ4v) is 2.55. The van der Waals surface area contributed by atoms with Crippen LogP contribution in [0.1, 0.15) is 35.6 Å². The number of nitrogens with two attached hydrogens (primary N) is 1. The Kier molecular flexibility index (Phi) is 3.35. The fraction of sp³-hybridized carbons (Fsp3) is 0.429. The highest BCUT2D eigenvalue weighted by Gasteiger charge is 2.35. The van der Waals surface area contributed by atoms with Gasteiger partial charge in [0.05, 0.1) is 11.8 Å². The van der Waals surface area contributed by atoms with Gasteiger partial charge in [-0.25, -0.2) is 0 Å². The standard InChI is InChI=1S/C14H17N3O/c1-9-7-10(2)13-11(8-9)12(16)14(18)17(13)6-4-3-5-15/h7-8,12H,3-4,6,16H2,1-2H3. The third kappa shape index (κ3) is 1.98. The summed E-state index contributed by atoms with van der Waals surface area (Å²) in [5.41, 5.74) is 10.0. The van der Waals surface area contributed by atoms with Gasteiger partial charge in [-0.2, -0.15) is 5.26 Å². The lowest BCUT2D eigenvalue weighted by atomic mass is 10.0. The van der Waals surface area contributed by atoms with Gasteiger partial charge in [0, 0.05) is 18.5 Å². The van der Waals surface area contributed by atoms with Crippen molar-refractivity contribution in [1.82, 2.24) is 0 Å². The fourth-order valence-electron chi connectivity index (χ4n) is 2.55. The number of carbonyl (C=O) groups excluding carboxylic acids is 1. The van der Waals surface area contributed by atoms with Gasteiger partial charge in [0.1, 0.15) is 6.04 Å². The highest BCUT2D eigenvalue weighted by molar-refractivity contribution is 6.05. The summed E-state index contributed by atoms with van der Waals surface area (Å²) >= 11 is 0.